The van der Waals surface area contributed by atoms with E-state index in [-0.39, 0.29) is 17.7 Å². The van der Waals surface area contributed by atoms with Crippen LogP contribution in [0.2, 0.25) is 0 Å². The molecule has 0 radical (unpaired) electrons. The molecule has 1 atom stereocenters. The fourth-order valence-electron chi connectivity index (χ4n) is 2.71. The number of hydrogen-bond donors (Lipinski definition) is 1. The molecular weight excluding hydrogens is 296 g/mol. The van der Waals surface area contributed by atoms with Gasteiger partial charge < -0.3 is 10.0 Å². The van der Waals surface area contributed by atoms with Gasteiger partial charge in [0.1, 0.15) is 12.6 Å². The first-order valence-corrected chi connectivity index (χ1v) is 7.42. The summed E-state index contributed by atoms with van der Waals surface area (Å²) in [7, 11) is 0. The molecule has 6 nitrogen and oxygen atoms in total. The zero-order valence-corrected chi connectivity index (χ0v) is 13.4. The van der Waals surface area contributed by atoms with Crippen LogP contribution in [-0.2, 0) is 14.4 Å². The van der Waals surface area contributed by atoms with E-state index in [0.29, 0.717) is 11.3 Å². The molecule has 0 saturated heterocycles. The fourth-order valence-corrected chi connectivity index (χ4v) is 2.71. The van der Waals surface area contributed by atoms with Gasteiger partial charge in [-0.3, -0.25) is 19.3 Å². The topological polar surface area (TPSA) is 77.9 Å². The average molecular weight is 316 g/mol. The van der Waals surface area contributed by atoms with Crippen molar-refractivity contribution in [1.82, 2.24) is 9.80 Å². The first-order chi connectivity index (χ1) is 10.8. The van der Waals surface area contributed by atoms with E-state index < -0.39 is 18.6 Å². The Bertz CT molecular complexity index is 652. The van der Waals surface area contributed by atoms with E-state index in [1.807, 2.05) is 19.9 Å². The fraction of sp³-hybridized carbons (Fsp3) is 0.353. The molecular formula is C17H20N2O4. The largest absolute Gasteiger partial charge is 0.480 e. The van der Waals surface area contributed by atoms with Gasteiger partial charge in [-0.15, -0.1) is 0 Å². The molecule has 1 aromatic carbocycles. The summed E-state index contributed by atoms with van der Waals surface area (Å²) in [5, 5.41) is 9.15. The molecule has 0 fully saturated rings. The first kappa shape index (κ1) is 16.7. The van der Waals surface area contributed by atoms with Gasteiger partial charge in [-0.1, -0.05) is 44.2 Å². The third kappa shape index (κ3) is 3.41. The minimum Gasteiger partial charge on any atom is -0.480 e. The summed E-state index contributed by atoms with van der Waals surface area (Å²) >= 11 is 0. The summed E-state index contributed by atoms with van der Waals surface area (Å²) in [5.74, 6) is -1.85. The van der Waals surface area contributed by atoms with E-state index in [4.69, 9.17) is 5.11 Å². The van der Waals surface area contributed by atoms with Crippen molar-refractivity contribution in [1.29, 1.82) is 0 Å². The second-order valence-electron chi connectivity index (χ2n) is 5.81. The zero-order valence-electron chi connectivity index (χ0n) is 13.4. The van der Waals surface area contributed by atoms with Crippen molar-refractivity contribution in [2.45, 2.75) is 26.8 Å². The van der Waals surface area contributed by atoms with Gasteiger partial charge in [-0.2, -0.15) is 0 Å². The molecule has 0 unspecified atom stereocenters. The van der Waals surface area contributed by atoms with Crippen LogP contribution in [-0.4, -0.2) is 45.3 Å². The Balaban J connectivity index is 2.57. The lowest BCUT2D eigenvalue weighted by atomic mass is 9.97. The molecule has 1 aliphatic rings. The molecule has 2 rings (SSSR count). The van der Waals surface area contributed by atoms with E-state index in [2.05, 4.69) is 0 Å². The Morgan fingerprint density at radius 3 is 2.30 bits per heavy atom. The van der Waals surface area contributed by atoms with E-state index in [1.54, 1.807) is 30.5 Å². The predicted octanol–water partition coefficient (Wildman–Crippen LogP) is 1.78. The number of rotatable bonds is 4. The average Bonchev–Trinajstić information content (AvgIpc) is 2.48. The second kappa shape index (κ2) is 6.64. The molecule has 2 amide bonds. The van der Waals surface area contributed by atoms with Crippen molar-refractivity contribution in [3.05, 3.63) is 42.1 Å². The molecule has 0 bridgehead atoms. The lowest BCUT2D eigenvalue weighted by Crippen LogP contribution is -2.55. The molecule has 1 N–H and O–H groups in total. The second-order valence-corrected chi connectivity index (χ2v) is 5.81. The summed E-state index contributed by atoms with van der Waals surface area (Å²) in [4.78, 5) is 38.6. The number of carbonyl (C=O) groups excluding carboxylic acids is 2. The van der Waals surface area contributed by atoms with Crippen LogP contribution >= 0.6 is 0 Å². The Morgan fingerprint density at radius 2 is 1.83 bits per heavy atom. The molecule has 1 aromatic rings. The van der Waals surface area contributed by atoms with E-state index in [9.17, 15) is 14.4 Å². The number of amides is 2. The minimum absolute atomic E-state index is 0.128. The lowest BCUT2D eigenvalue weighted by Gasteiger charge is -2.40. The maximum atomic E-state index is 12.8. The van der Waals surface area contributed by atoms with Crippen LogP contribution in [0.3, 0.4) is 0 Å². The molecule has 1 heterocycles. The van der Waals surface area contributed by atoms with Crippen LogP contribution < -0.4 is 0 Å². The van der Waals surface area contributed by atoms with Gasteiger partial charge >= 0.3 is 5.97 Å². The van der Waals surface area contributed by atoms with Crippen molar-refractivity contribution >= 4 is 23.5 Å². The Morgan fingerprint density at radius 1 is 1.22 bits per heavy atom. The molecule has 0 saturated carbocycles. The van der Waals surface area contributed by atoms with Gasteiger partial charge in [0.25, 0.3) is 5.91 Å². The van der Waals surface area contributed by atoms with Crippen LogP contribution in [0, 0.1) is 5.92 Å². The summed E-state index contributed by atoms with van der Waals surface area (Å²) in [6.45, 7) is 4.63. The zero-order chi connectivity index (χ0) is 17.1. The van der Waals surface area contributed by atoms with Crippen molar-refractivity contribution in [2.24, 2.45) is 5.92 Å². The molecule has 1 aliphatic heterocycles. The highest BCUT2D eigenvalue weighted by Gasteiger charge is 2.39. The van der Waals surface area contributed by atoms with Crippen LogP contribution in [0.1, 0.15) is 26.3 Å². The standard InChI is InChI=1S/C17H20N2O4/c1-11(2)16-17(23)19(10-15(21)22)14(9-18(16)12(3)20)13-7-5-4-6-8-13/h4-9,11,16H,10H2,1-3H3,(H,21,22)/t16-/m1/s1. The summed E-state index contributed by atoms with van der Waals surface area (Å²) in [5.41, 5.74) is 1.11. The maximum Gasteiger partial charge on any atom is 0.323 e. The highest BCUT2D eigenvalue weighted by Crippen LogP contribution is 2.29. The number of hydrogen-bond acceptors (Lipinski definition) is 3. The van der Waals surface area contributed by atoms with Crippen LogP contribution in [0.15, 0.2) is 36.5 Å². The number of aliphatic carboxylic acids is 1. The summed E-state index contributed by atoms with van der Waals surface area (Å²) < 4.78 is 0. The Kier molecular flexibility index (Phi) is 4.83. The van der Waals surface area contributed by atoms with Crippen molar-refractivity contribution in [3.8, 4) is 0 Å². The van der Waals surface area contributed by atoms with Gasteiger partial charge in [0.15, 0.2) is 0 Å². The molecule has 0 spiro atoms. The molecule has 23 heavy (non-hydrogen) atoms. The predicted molar refractivity (Wildman–Crippen MR) is 84.9 cm³/mol. The molecule has 0 aromatic heterocycles. The smallest absolute Gasteiger partial charge is 0.323 e. The highest BCUT2D eigenvalue weighted by molar-refractivity contribution is 5.98. The quantitative estimate of drug-likeness (QED) is 0.918. The van der Waals surface area contributed by atoms with Gasteiger partial charge in [0.05, 0.1) is 5.70 Å². The Labute approximate surface area is 135 Å². The van der Waals surface area contributed by atoms with Gasteiger partial charge in [-0.05, 0) is 11.5 Å². The van der Waals surface area contributed by atoms with E-state index in [0.717, 1.165) is 0 Å². The third-order valence-electron chi connectivity index (χ3n) is 3.73. The van der Waals surface area contributed by atoms with E-state index in [1.165, 1.54) is 16.7 Å². The summed E-state index contributed by atoms with van der Waals surface area (Å²) in [6, 6.07) is 8.29. The maximum absolute atomic E-state index is 12.8. The van der Waals surface area contributed by atoms with Crippen molar-refractivity contribution in [3.63, 3.8) is 0 Å². The molecule has 122 valence electrons. The monoisotopic (exact) mass is 316 g/mol. The number of carboxylic acid groups (broad SMARTS) is 1. The minimum atomic E-state index is -1.10. The van der Waals surface area contributed by atoms with E-state index >= 15 is 0 Å². The third-order valence-corrected chi connectivity index (χ3v) is 3.73. The molecule has 0 aliphatic carbocycles. The van der Waals surface area contributed by atoms with Crippen LogP contribution in [0.4, 0.5) is 0 Å². The van der Waals surface area contributed by atoms with Gasteiger partial charge in [0, 0.05) is 13.1 Å². The first-order valence-electron chi connectivity index (χ1n) is 7.42. The van der Waals surface area contributed by atoms with Crippen molar-refractivity contribution < 1.29 is 19.5 Å². The van der Waals surface area contributed by atoms with Gasteiger partial charge in [0.2, 0.25) is 5.91 Å². The highest BCUT2D eigenvalue weighted by atomic mass is 16.4. The SMILES string of the molecule is CC(=O)N1C=C(c2ccccc2)N(CC(=O)O)C(=O)[C@H]1C(C)C. The number of benzene rings is 1. The number of carbonyl (C=O) groups is 3. The van der Waals surface area contributed by atoms with Crippen LogP contribution in [0.25, 0.3) is 5.70 Å². The lowest BCUT2D eigenvalue weighted by molar-refractivity contribution is -0.148. The van der Waals surface area contributed by atoms with Gasteiger partial charge in [-0.25, -0.2) is 0 Å². The van der Waals surface area contributed by atoms with Crippen molar-refractivity contribution in [2.75, 3.05) is 6.54 Å². The molecule has 6 heteroatoms. The number of carboxylic acids is 1. The normalized spacial score (nSPS) is 18.2. The summed E-state index contributed by atoms with van der Waals surface area (Å²) in [6.07, 6.45) is 1.58. The number of nitrogens with zero attached hydrogens (tertiary/aromatic N) is 2. The Hall–Kier alpha value is -2.63. The van der Waals surface area contributed by atoms with Crippen LogP contribution in [0.5, 0.6) is 0 Å².